The van der Waals surface area contributed by atoms with Crippen molar-refractivity contribution in [2.24, 2.45) is 0 Å². The summed E-state index contributed by atoms with van der Waals surface area (Å²) in [5.74, 6) is -0.505. The quantitative estimate of drug-likeness (QED) is 0.402. The topological polar surface area (TPSA) is 93.1 Å². The molecule has 7 heteroatoms. The van der Waals surface area contributed by atoms with Gasteiger partial charge in [-0.2, -0.15) is 0 Å². The SMILES string of the molecule is C=C(C)C(=O)OC(CC)(CC)CCOP(=O)(O)O. The number of esters is 1. The lowest BCUT2D eigenvalue weighted by molar-refractivity contribution is -0.157. The molecule has 0 spiro atoms. The smallest absolute Gasteiger partial charge is 0.456 e. The summed E-state index contributed by atoms with van der Waals surface area (Å²) in [5, 5.41) is 0. The summed E-state index contributed by atoms with van der Waals surface area (Å²) in [6.45, 7) is 8.55. The van der Waals surface area contributed by atoms with Gasteiger partial charge in [0.15, 0.2) is 0 Å². The van der Waals surface area contributed by atoms with Gasteiger partial charge in [0, 0.05) is 12.0 Å². The van der Waals surface area contributed by atoms with E-state index in [0.29, 0.717) is 12.8 Å². The zero-order valence-corrected chi connectivity index (χ0v) is 11.9. The van der Waals surface area contributed by atoms with E-state index >= 15 is 0 Å². The lowest BCUT2D eigenvalue weighted by atomic mass is 9.93. The number of hydrogen-bond donors (Lipinski definition) is 2. The third-order valence-electron chi connectivity index (χ3n) is 2.76. The summed E-state index contributed by atoms with van der Waals surface area (Å²) >= 11 is 0. The Morgan fingerprint density at radius 2 is 1.83 bits per heavy atom. The van der Waals surface area contributed by atoms with Crippen LogP contribution in [0, 0.1) is 0 Å². The predicted molar refractivity (Wildman–Crippen MR) is 66.8 cm³/mol. The van der Waals surface area contributed by atoms with Crippen molar-refractivity contribution in [1.82, 2.24) is 0 Å². The average Bonchev–Trinajstić information content (AvgIpc) is 2.25. The molecule has 6 nitrogen and oxygen atoms in total. The van der Waals surface area contributed by atoms with Gasteiger partial charge in [0.25, 0.3) is 0 Å². The maximum absolute atomic E-state index is 11.5. The van der Waals surface area contributed by atoms with Crippen molar-refractivity contribution in [2.45, 2.75) is 45.6 Å². The van der Waals surface area contributed by atoms with Gasteiger partial charge in [0.1, 0.15) is 5.60 Å². The van der Waals surface area contributed by atoms with Crippen LogP contribution in [0.1, 0.15) is 40.0 Å². The second kappa shape index (κ2) is 7.04. The van der Waals surface area contributed by atoms with E-state index in [1.54, 1.807) is 6.92 Å². The van der Waals surface area contributed by atoms with Gasteiger partial charge in [-0.3, -0.25) is 4.52 Å². The van der Waals surface area contributed by atoms with Crippen LogP contribution in [0.5, 0.6) is 0 Å². The van der Waals surface area contributed by atoms with Crippen molar-refractivity contribution in [1.29, 1.82) is 0 Å². The number of phosphoric ester groups is 1. The fourth-order valence-corrected chi connectivity index (χ4v) is 1.76. The van der Waals surface area contributed by atoms with Gasteiger partial charge in [0.2, 0.25) is 0 Å². The van der Waals surface area contributed by atoms with Crippen LogP contribution >= 0.6 is 7.82 Å². The lowest BCUT2D eigenvalue weighted by Gasteiger charge is -2.31. The Morgan fingerprint density at radius 1 is 1.33 bits per heavy atom. The van der Waals surface area contributed by atoms with Gasteiger partial charge in [-0.15, -0.1) is 0 Å². The molecule has 0 rings (SSSR count). The van der Waals surface area contributed by atoms with E-state index in [1.165, 1.54) is 0 Å². The Kier molecular flexibility index (Phi) is 6.78. The summed E-state index contributed by atoms with van der Waals surface area (Å²) in [5.41, 5.74) is -0.484. The van der Waals surface area contributed by atoms with E-state index in [1.807, 2.05) is 13.8 Å². The van der Waals surface area contributed by atoms with Crippen molar-refractivity contribution in [3.63, 3.8) is 0 Å². The number of carbonyl (C=O) groups is 1. The van der Waals surface area contributed by atoms with Gasteiger partial charge < -0.3 is 14.5 Å². The molecule has 0 fully saturated rings. The molecule has 0 unspecified atom stereocenters. The van der Waals surface area contributed by atoms with Gasteiger partial charge in [-0.05, 0) is 19.8 Å². The number of rotatable bonds is 8. The van der Waals surface area contributed by atoms with Crippen LogP contribution in [-0.4, -0.2) is 28.0 Å². The first-order valence-electron chi connectivity index (χ1n) is 5.74. The Morgan fingerprint density at radius 3 is 2.17 bits per heavy atom. The van der Waals surface area contributed by atoms with Crippen LogP contribution in [0.2, 0.25) is 0 Å². The molecule has 0 bridgehead atoms. The second-order valence-corrected chi connectivity index (χ2v) is 5.37. The Bertz CT molecular complexity index is 341. The number of ether oxygens (including phenoxy) is 1. The Hall–Kier alpha value is -0.680. The fourth-order valence-electron chi connectivity index (χ4n) is 1.43. The molecule has 0 saturated carbocycles. The highest BCUT2D eigenvalue weighted by atomic mass is 31.2. The molecule has 0 aromatic rings. The predicted octanol–water partition coefficient (Wildman–Crippen LogP) is 2.16. The number of carbonyl (C=O) groups excluding carboxylic acids is 1. The molecule has 0 radical (unpaired) electrons. The molecule has 0 saturated heterocycles. The van der Waals surface area contributed by atoms with Crippen molar-refractivity contribution < 1.29 is 28.4 Å². The zero-order chi connectivity index (χ0) is 14.4. The second-order valence-electron chi connectivity index (χ2n) is 4.13. The van der Waals surface area contributed by atoms with Crippen LogP contribution < -0.4 is 0 Å². The third-order valence-corrected chi connectivity index (χ3v) is 3.28. The van der Waals surface area contributed by atoms with Crippen LogP contribution in [-0.2, 0) is 18.6 Å². The zero-order valence-electron chi connectivity index (χ0n) is 11.0. The molecule has 0 aliphatic rings. The van der Waals surface area contributed by atoms with E-state index in [-0.39, 0.29) is 18.6 Å². The highest BCUT2D eigenvalue weighted by Gasteiger charge is 2.31. The molecule has 0 aromatic carbocycles. The van der Waals surface area contributed by atoms with E-state index in [9.17, 15) is 9.36 Å². The maximum Gasteiger partial charge on any atom is 0.469 e. The van der Waals surface area contributed by atoms with E-state index < -0.39 is 19.4 Å². The average molecular weight is 280 g/mol. The van der Waals surface area contributed by atoms with Gasteiger partial charge in [-0.25, -0.2) is 9.36 Å². The number of phosphoric acid groups is 1. The monoisotopic (exact) mass is 280 g/mol. The molecule has 2 N–H and O–H groups in total. The molecule has 18 heavy (non-hydrogen) atoms. The highest BCUT2D eigenvalue weighted by Crippen LogP contribution is 2.37. The van der Waals surface area contributed by atoms with Crippen molar-refractivity contribution >= 4 is 13.8 Å². The highest BCUT2D eigenvalue weighted by molar-refractivity contribution is 7.46. The molecule has 106 valence electrons. The minimum Gasteiger partial charge on any atom is -0.456 e. The van der Waals surface area contributed by atoms with Gasteiger partial charge in [-0.1, -0.05) is 20.4 Å². The normalized spacial score (nSPS) is 12.3. The Balaban J connectivity index is 4.57. The van der Waals surface area contributed by atoms with E-state index in [4.69, 9.17) is 14.5 Å². The van der Waals surface area contributed by atoms with Gasteiger partial charge in [0.05, 0.1) is 6.61 Å². The minimum absolute atomic E-state index is 0.171. The third kappa shape index (κ3) is 6.31. The largest absolute Gasteiger partial charge is 0.469 e. The summed E-state index contributed by atoms with van der Waals surface area (Å²) in [6, 6.07) is 0. The minimum atomic E-state index is -4.48. The molecular formula is C11H21O6P. The summed E-state index contributed by atoms with van der Waals surface area (Å²) in [7, 11) is -4.48. The van der Waals surface area contributed by atoms with Crippen LogP contribution in [0.3, 0.4) is 0 Å². The molecule has 0 aliphatic heterocycles. The van der Waals surface area contributed by atoms with Crippen molar-refractivity contribution in [2.75, 3.05) is 6.61 Å². The molecule has 0 amide bonds. The first-order chi connectivity index (χ1) is 8.16. The Labute approximate surface area is 107 Å². The molecule has 0 aromatic heterocycles. The molecule has 0 atom stereocenters. The van der Waals surface area contributed by atoms with Crippen molar-refractivity contribution in [3.8, 4) is 0 Å². The standard InChI is InChI=1S/C11H21O6P/c1-5-11(6-2,17-10(12)9(3)4)7-8-16-18(13,14)15/h3,5-8H2,1-2,4H3,(H2,13,14,15). The summed E-state index contributed by atoms with van der Waals surface area (Å²) < 4.78 is 20.3. The first kappa shape index (κ1) is 17.3. The van der Waals surface area contributed by atoms with Crippen molar-refractivity contribution in [3.05, 3.63) is 12.2 Å². The fraction of sp³-hybridized carbons (Fsp3) is 0.727. The van der Waals surface area contributed by atoms with E-state index in [0.717, 1.165) is 0 Å². The summed E-state index contributed by atoms with van der Waals surface area (Å²) in [4.78, 5) is 28.7. The summed E-state index contributed by atoms with van der Waals surface area (Å²) in [6.07, 6.45) is 1.30. The maximum atomic E-state index is 11.5. The van der Waals surface area contributed by atoms with E-state index in [2.05, 4.69) is 11.1 Å². The lowest BCUT2D eigenvalue weighted by Crippen LogP contribution is -2.35. The van der Waals surface area contributed by atoms with Crippen LogP contribution in [0.4, 0.5) is 0 Å². The molecule has 0 aliphatic carbocycles. The van der Waals surface area contributed by atoms with Gasteiger partial charge >= 0.3 is 13.8 Å². The number of hydrogen-bond acceptors (Lipinski definition) is 4. The van der Waals surface area contributed by atoms with Crippen LogP contribution in [0.15, 0.2) is 12.2 Å². The first-order valence-corrected chi connectivity index (χ1v) is 7.27. The van der Waals surface area contributed by atoms with Crippen LogP contribution in [0.25, 0.3) is 0 Å². The molecule has 0 heterocycles. The molecular weight excluding hydrogens is 259 g/mol.